The normalized spacial score (nSPS) is 10.5. The molecule has 25 heavy (non-hydrogen) atoms. The Morgan fingerprint density at radius 3 is 2.40 bits per heavy atom. The van der Waals surface area contributed by atoms with Crippen LogP contribution in [0.15, 0.2) is 57.7 Å². The van der Waals surface area contributed by atoms with Crippen LogP contribution >= 0.6 is 0 Å². The zero-order valence-electron chi connectivity index (χ0n) is 13.8. The average Bonchev–Trinajstić information content (AvgIpc) is 2.60. The fourth-order valence-corrected chi connectivity index (χ4v) is 2.34. The van der Waals surface area contributed by atoms with E-state index in [-0.39, 0.29) is 12.4 Å². The largest absolute Gasteiger partial charge is 0.497 e. The smallest absolute Gasteiger partial charge is 0.349 e. The predicted octanol–water partition coefficient (Wildman–Crippen LogP) is 3.09. The molecule has 0 saturated carbocycles. The van der Waals surface area contributed by atoms with Crippen LogP contribution in [-0.2, 0) is 4.79 Å². The van der Waals surface area contributed by atoms with Crippen molar-refractivity contribution in [2.75, 3.05) is 13.7 Å². The van der Waals surface area contributed by atoms with Gasteiger partial charge in [-0.15, -0.1) is 0 Å². The maximum absolute atomic E-state index is 11.9. The first-order valence-electron chi connectivity index (χ1n) is 7.57. The van der Waals surface area contributed by atoms with E-state index < -0.39 is 11.6 Å². The number of fused-ring (bicyclic) bond motifs is 1. The first-order valence-corrected chi connectivity index (χ1v) is 7.57. The number of hydrogen-bond donors (Lipinski definition) is 0. The van der Waals surface area contributed by atoms with Crippen LogP contribution in [0.2, 0.25) is 0 Å². The minimum atomic E-state index is -0.565. The number of ether oxygens (including phenoxy) is 3. The number of carbonyl (C=O) groups is 1. The molecule has 0 spiro atoms. The topological polar surface area (TPSA) is 75.0 Å². The third kappa shape index (κ3) is 3.98. The van der Waals surface area contributed by atoms with E-state index in [2.05, 4.69) is 0 Å². The molecule has 3 aromatic rings. The van der Waals surface area contributed by atoms with E-state index in [1.165, 1.54) is 12.1 Å². The van der Waals surface area contributed by atoms with Crippen LogP contribution in [0.25, 0.3) is 11.0 Å². The molecule has 0 unspecified atom stereocenters. The van der Waals surface area contributed by atoms with E-state index in [9.17, 15) is 9.59 Å². The van der Waals surface area contributed by atoms with Crippen molar-refractivity contribution in [2.24, 2.45) is 0 Å². The molecule has 0 N–H and O–H groups in total. The Bertz CT molecular complexity index is 956. The maximum Gasteiger partial charge on any atom is 0.349 e. The Labute approximate surface area is 143 Å². The van der Waals surface area contributed by atoms with Crippen molar-refractivity contribution in [2.45, 2.75) is 6.92 Å². The van der Waals surface area contributed by atoms with E-state index in [0.717, 1.165) is 10.9 Å². The molecular weight excluding hydrogens is 324 g/mol. The highest BCUT2D eigenvalue weighted by Crippen LogP contribution is 2.22. The molecule has 0 amide bonds. The first-order chi connectivity index (χ1) is 12.0. The maximum atomic E-state index is 11.9. The van der Waals surface area contributed by atoms with Gasteiger partial charge in [-0.05, 0) is 48.9 Å². The SMILES string of the molecule is COc1ccc(OCC(=O)Oc2ccc3c(C)cc(=O)oc3c2)cc1. The summed E-state index contributed by atoms with van der Waals surface area (Å²) in [6.07, 6.45) is 0. The Kier molecular flexibility index (Phi) is 4.70. The minimum Gasteiger partial charge on any atom is -0.497 e. The van der Waals surface area contributed by atoms with Gasteiger partial charge in [0.05, 0.1) is 7.11 Å². The monoisotopic (exact) mass is 340 g/mol. The Morgan fingerprint density at radius 1 is 1.00 bits per heavy atom. The summed E-state index contributed by atoms with van der Waals surface area (Å²) in [7, 11) is 1.57. The zero-order chi connectivity index (χ0) is 17.8. The molecule has 6 heteroatoms. The summed E-state index contributed by atoms with van der Waals surface area (Å²) in [5.41, 5.74) is 0.717. The van der Waals surface area contributed by atoms with Crippen LogP contribution in [0.4, 0.5) is 0 Å². The molecule has 0 aliphatic rings. The van der Waals surface area contributed by atoms with Gasteiger partial charge in [-0.1, -0.05) is 0 Å². The number of methoxy groups -OCH3 is 1. The molecule has 3 rings (SSSR count). The molecular formula is C19H16O6. The Morgan fingerprint density at radius 2 is 1.68 bits per heavy atom. The Hall–Kier alpha value is -3.28. The van der Waals surface area contributed by atoms with Gasteiger partial charge < -0.3 is 18.6 Å². The quantitative estimate of drug-likeness (QED) is 0.404. The fourth-order valence-electron chi connectivity index (χ4n) is 2.34. The van der Waals surface area contributed by atoms with Crippen LogP contribution in [0.3, 0.4) is 0 Å². The number of rotatable bonds is 5. The predicted molar refractivity (Wildman–Crippen MR) is 91.3 cm³/mol. The molecule has 0 aliphatic heterocycles. The minimum absolute atomic E-state index is 0.248. The lowest BCUT2D eigenvalue weighted by molar-refractivity contribution is -0.136. The van der Waals surface area contributed by atoms with E-state index in [0.29, 0.717) is 17.1 Å². The second-order valence-corrected chi connectivity index (χ2v) is 5.34. The molecule has 6 nitrogen and oxygen atoms in total. The lowest BCUT2D eigenvalue weighted by atomic mass is 10.1. The number of esters is 1. The van der Waals surface area contributed by atoms with Crippen LogP contribution in [0, 0.1) is 6.92 Å². The van der Waals surface area contributed by atoms with Crippen molar-refractivity contribution in [3.8, 4) is 17.2 Å². The highest BCUT2D eigenvalue weighted by Gasteiger charge is 2.09. The summed E-state index contributed by atoms with van der Waals surface area (Å²) in [6.45, 7) is 1.57. The van der Waals surface area contributed by atoms with Gasteiger partial charge in [0.1, 0.15) is 22.8 Å². The van der Waals surface area contributed by atoms with Crippen molar-refractivity contribution in [3.05, 3.63) is 64.5 Å². The standard InChI is InChI=1S/C19H16O6/c1-12-9-18(20)25-17-10-15(7-8-16(12)17)24-19(21)11-23-14-5-3-13(22-2)4-6-14/h3-10H,11H2,1-2H3. The van der Waals surface area contributed by atoms with Gasteiger partial charge in [0.15, 0.2) is 6.61 Å². The lowest BCUT2D eigenvalue weighted by Crippen LogP contribution is -2.17. The van der Waals surface area contributed by atoms with E-state index in [1.807, 2.05) is 6.92 Å². The molecule has 0 saturated heterocycles. The van der Waals surface area contributed by atoms with Gasteiger partial charge in [0.25, 0.3) is 0 Å². The van der Waals surface area contributed by atoms with Crippen molar-refractivity contribution in [3.63, 3.8) is 0 Å². The van der Waals surface area contributed by atoms with Gasteiger partial charge in [0, 0.05) is 17.5 Å². The second kappa shape index (κ2) is 7.09. The summed E-state index contributed by atoms with van der Waals surface area (Å²) in [5, 5.41) is 0.786. The Balaban J connectivity index is 1.66. The third-order valence-electron chi connectivity index (χ3n) is 3.57. The van der Waals surface area contributed by atoms with Crippen LogP contribution in [0.5, 0.6) is 17.2 Å². The van der Waals surface area contributed by atoms with E-state index in [1.54, 1.807) is 43.5 Å². The molecule has 0 atom stereocenters. The molecule has 0 aliphatic carbocycles. The van der Waals surface area contributed by atoms with Gasteiger partial charge in [-0.25, -0.2) is 9.59 Å². The molecule has 2 aromatic carbocycles. The van der Waals surface area contributed by atoms with Crippen molar-refractivity contribution < 1.29 is 23.4 Å². The summed E-state index contributed by atoms with van der Waals surface area (Å²) in [5.74, 6) is 0.940. The summed E-state index contributed by atoms with van der Waals surface area (Å²) in [4.78, 5) is 23.4. The summed E-state index contributed by atoms with van der Waals surface area (Å²) < 4.78 is 20.8. The number of hydrogen-bond acceptors (Lipinski definition) is 6. The summed E-state index contributed by atoms with van der Waals surface area (Å²) in [6, 6.07) is 13.1. The van der Waals surface area contributed by atoms with Gasteiger partial charge in [-0.3, -0.25) is 0 Å². The van der Waals surface area contributed by atoms with Crippen molar-refractivity contribution in [1.82, 2.24) is 0 Å². The summed E-state index contributed by atoms with van der Waals surface area (Å²) >= 11 is 0. The van der Waals surface area contributed by atoms with E-state index >= 15 is 0 Å². The molecule has 1 heterocycles. The molecule has 128 valence electrons. The van der Waals surface area contributed by atoms with Crippen LogP contribution in [0.1, 0.15) is 5.56 Å². The van der Waals surface area contributed by atoms with Crippen LogP contribution in [-0.4, -0.2) is 19.7 Å². The zero-order valence-corrected chi connectivity index (χ0v) is 13.8. The number of benzene rings is 2. The van der Waals surface area contributed by atoms with Gasteiger partial charge in [0.2, 0.25) is 0 Å². The van der Waals surface area contributed by atoms with Gasteiger partial charge >= 0.3 is 11.6 Å². The number of aryl methyl sites for hydroxylation is 1. The lowest BCUT2D eigenvalue weighted by Gasteiger charge is -2.08. The molecule has 0 radical (unpaired) electrons. The van der Waals surface area contributed by atoms with Crippen molar-refractivity contribution in [1.29, 1.82) is 0 Å². The highest BCUT2D eigenvalue weighted by molar-refractivity contribution is 5.82. The highest BCUT2D eigenvalue weighted by atomic mass is 16.6. The van der Waals surface area contributed by atoms with Crippen LogP contribution < -0.4 is 19.8 Å². The first kappa shape index (κ1) is 16.6. The molecule has 0 fully saturated rings. The average molecular weight is 340 g/mol. The second-order valence-electron chi connectivity index (χ2n) is 5.34. The van der Waals surface area contributed by atoms with E-state index in [4.69, 9.17) is 18.6 Å². The third-order valence-corrected chi connectivity index (χ3v) is 3.57. The molecule has 0 bridgehead atoms. The fraction of sp³-hybridized carbons (Fsp3) is 0.158. The van der Waals surface area contributed by atoms with Crippen molar-refractivity contribution >= 4 is 16.9 Å². The van der Waals surface area contributed by atoms with Gasteiger partial charge in [-0.2, -0.15) is 0 Å². The number of carbonyl (C=O) groups excluding carboxylic acids is 1. The molecule has 1 aromatic heterocycles.